The summed E-state index contributed by atoms with van der Waals surface area (Å²) < 4.78 is 0. The summed E-state index contributed by atoms with van der Waals surface area (Å²) in [5.74, 6) is 0. The van der Waals surface area contributed by atoms with Crippen molar-refractivity contribution in [2.24, 2.45) is 0 Å². The van der Waals surface area contributed by atoms with Crippen LogP contribution in [0, 0.1) is 6.92 Å². The van der Waals surface area contributed by atoms with Gasteiger partial charge < -0.3 is 15.6 Å². The molecule has 0 bridgehead atoms. The third kappa shape index (κ3) is 3.14. The number of halogens is 1. The van der Waals surface area contributed by atoms with Crippen LogP contribution in [0.2, 0.25) is 5.28 Å². The smallest absolute Gasteiger partial charge is 0.323 e. The number of carbonyl (C=O) groups excluding carboxylic acids is 1. The van der Waals surface area contributed by atoms with Gasteiger partial charge in [-0.1, -0.05) is 12.1 Å². The number of nitrogens with one attached hydrogen (secondary N) is 3. The fraction of sp³-hybridized carbons (Fsp3) is 0.0667. The van der Waals surface area contributed by atoms with E-state index in [2.05, 4.69) is 20.6 Å². The van der Waals surface area contributed by atoms with Gasteiger partial charge in [-0.25, -0.2) is 9.78 Å². The Bertz CT molecular complexity index is 812. The first-order valence-corrected chi connectivity index (χ1v) is 6.78. The molecule has 0 aliphatic rings. The monoisotopic (exact) mass is 300 g/mol. The number of benzene rings is 2. The molecule has 0 saturated carbocycles. The SMILES string of the molecule is Cc1cccc(NC(=O)Nc2ccc3nc(Cl)[nH]c3c2)c1. The molecule has 5 nitrogen and oxygen atoms in total. The highest BCUT2D eigenvalue weighted by Crippen LogP contribution is 2.19. The first-order chi connectivity index (χ1) is 10.1. The number of imidazole rings is 1. The first-order valence-electron chi connectivity index (χ1n) is 6.40. The second-order valence-corrected chi connectivity index (χ2v) is 5.07. The number of anilines is 2. The summed E-state index contributed by atoms with van der Waals surface area (Å²) in [6.07, 6.45) is 0. The van der Waals surface area contributed by atoms with Crippen LogP contribution in [0.5, 0.6) is 0 Å². The maximum absolute atomic E-state index is 12.0. The molecule has 2 aromatic carbocycles. The van der Waals surface area contributed by atoms with E-state index in [1.54, 1.807) is 18.2 Å². The molecule has 1 heterocycles. The van der Waals surface area contributed by atoms with E-state index >= 15 is 0 Å². The van der Waals surface area contributed by atoms with Gasteiger partial charge in [-0.15, -0.1) is 0 Å². The van der Waals surface area contributed by atoms with Crippen molar-refractivity contribution in [3.05, 3.63) is 53.3 Å². The van der Waals surface area contributed by atoms with E-state index in [1.165, 1.54) is 0 Å². The molecule has 0 fully saturated rings. The average molecular weight is 301 g/mol. The lowest BCUT2D eigenvalue weighted by molar-refractivity contribution is 0.262. The van der Waals surface area contributed by atoms with Crippen LogP contribution in [0.3, 0.4) is 0 Å². The summed E-state index contributed by atoms with van der Waals surface area (Å²) in [4.78, 5) is 19.0. The quantitative estimate of drug-likeness (QED) is 0.665. The zero-order valence-corrected chi connectivity index (χ0v) is 12.0. The van der Waals surface area contributed by atoms with Gasteiger partial charge in [-0.05, 0) is 54.4 Å². The minimum Gasteiger partial charge on any atom is -0.329 e. The number of amides is 2. The van der Waals surface area contributed by atoms with Gasteiger partial charge in [0.05, 0.1) is 11.0 Å². The third-order valence-corrected chi connectivity index (χ3v) is 3.17. The number of aromatic amines is 1. The second kappa shape index (κ2) is 5.46. The number of nitrogens with zero attached hydrogens (tertiary/aromatic N) is 1. The van der Waals surface area contributed by atoms with E-state index in [-0.39, 0.29) is 6.03 Å². The maximum atomic E-state index is 12.0. The highest BCUT2D eigenvalue weighted by atomic mass is 35.5. The highest BCUT2D eigenvalue weighted by molar-refractivity contribution is 6.29. The van der Waals surface area contributed by atoms with E-state index in [4.69, 9.17) is 11.6 Å². The number of urea groups is 1. The van der Waals surface area contributed by atoms with Gasteiger partial charge in [-0.3, -0.25) is 0 Å². The molecule has 3 aromatic rings. The normalized spacial score (nSPS) is 10.6. The van der Waals surface area contributed by atoms with Gasteiger partial charge in [0, 0.05) is 11.4 Å². The average Bonchev–Trinajstić information content (AvgIpc) is 2.78. The van der Waals surface area contributed by atoms with Crippen LogP contribution in [0.25, 0.3) is 11.0 Å². The standard InChI is InChI=1S/C15H13ClN4O/c1-9-3-2-4-10(7-9)17-15(21)18-11-5-6-12-13(8-11)20-14(16)19-12/h2-8H,1H3,(H,19,20)(H2,17,18,21). The van der Waals surface area contributed by atoms with E-state index in [0.29, 0.717) is 11.0 Å². The Kier molecular flexibility index (Phi) is 3.50. The number of carbonyl (C=O) groups is 1. The number of aryl methyl sites for hydroxylation is 1. The molecule has 2 amide bonds. The molecule has 1 aromatic heterocycles. The third-order valence-electron chi connectivity index (χ3n) is 2.99. The Balaban J connectivity index is 1.73. The molecule has 0 atom stereocenters. The number of H-pyrrole nitrogens is 1. The summed E-state index contributed by atoms with van der Waals surface area (Å²) in [6, 6.07) is 12.6. The molecule has 0 unspecified atom stereocenters. The van der Waals surface area contributed by atoms with E-state index in [9.17, 15) is 4.79 Å². The number of aromatic nitrogens is 2. The fourth-order valence-corrected chi connectivity index (χ4v) is 2.27. The number of rotatable bonds is 2. The summed E-state index contributed by atoms with van der Waals surface area (Å²) in [5, 5.41) is 5.88. The van der Waals surface area contributed by atoms with Crippen molar-refractivity contribution in [3.8, 4) is 0 Å². The second-order valence-electron chi connectivity index (χ2n) is 4.71. The summed E-state index contributed by atoms with van der Waals surface area (Å²) >= 11 is 5.80. The summed E-state index contributed by atoms with van der Waals surface area (Å²) in [6.45, 7) is 1.97. The molecule has 0 aliphatic carbocycles. The Morgan fingerprint density at radius 2 is 1.90 bits per heavy atom. The van der Waals surface area contributed by atoms with Crippen LogP contribution in [0.4, 0.5) is 16.2 Å². The van der Waals surface area contributed by atoms with E-state index in [0.717, 1.165) is 22.3 Å². The van der Waals surface area contributed by atoms with Gasteiger partial charge in [0.2, 0.25) is 5.28 Å². The number of hydrogen-bond donors (Lipinski definition) is 3. The lowest BCUT2D eigenvalue weighted by Crippen LogP contribution is -2.19. The maximum Gasteiger partial charge on any atom is 0.323 e. The van der Waals surface area contributed by atoms with Crippen LogP contribution in [-0.4, -0.2) is 16.0 Å². The zero-order chi connectivity index (χ0) is 14.8. The Labute approximate surface area is 126 Å². The van der Waals surface area contributed by atoms with Crippen molar-refractivity contribution in [2.45, 2.75) is 6.92 Å². The van der Waals surface area contributed by atoms with Crippen LogP contribution >= 0.6 is 11.6 Å². The molecule has 21 heavy (non-hydrogen) atoms. The lowest BCUT2D eigenvalue weighted by atomic mass is 10.2. The Morgan fingerprint density at radius 1 is 1.14 bits per heavy atom. The lowest BCUT2D eigenvalue weighted by Gasteiger charge is -2.08. The largest absolute Gasteiger partial charge is 0.329 e. The molecular weight excluding hydrogens is 288 g/mol. The van der Waals surface area contributed by atoms with Gasteiger partial charge in [-0.2, -0.15) is 0 Å². The predicted octanol–water partition coefficient (Wildman–Crippen LogP) is 4.17. The topological polar surface area (TPSA) is 69.8 Å². The van der Waals surface area contributed by atoms with Gasteiger partial charge in [0.1, 0.15) is 0 Å². The summed E-state index contributed by atoms with van der Waals surface area (Å²) in [5.41, 5.74) is 4.02. The van der Waals surface area contributed by atoms with Crippen LogP contribution in [0.1, 0.15) is 5.56 Å². The van der Waals surface area contributed by atoms with Crippen molar-refractivity contribution in [3.63, 3.8) is 0 Å². The number of hydrogen-bond acceptors (Lipinski definition) is 2. The molecule has 0 aliphatic heterocycles. The van der Waals surface area contributed by atoms with Gasteiger partial charge in [0.25, 0.3) is 0 Å². The molecule has 6 heteroatoms. The number of fused-ring (bicyclic) bond motifs is 1. The van der Waals surface area contributed by atoms with Crippen molar-refractivity contribution in [2.75, 3.05) is 10.6 Å². The van der Waals surface area contributed by atoms with Crippen molar-refractivity contribution in [1.29, 1.82) is 0 Å². The minimum atomic E-state index is -0.300. The van der Waals surface area contributed by atoms with E-state index in [1.807, 2.05) is 31.2 Å². The first kappa shape index (κ1) is 13.5. The zero-order valence-electron chi connectivity index (χ0n) is 11.3. The molecule has 3 rings (SSSR count). The minimum absolute atomic E-state index is 0.300. The molecule has 0 spiro atoms. The molecule has 0 radical (unpaired) electrons. The predicted molar refractivity (Wildman–Crippen MR) is 84.9 cm³/mol. The van der Waals surface area contributed by atoms with Crippen LogP contribution in [0.15, 0.2) is 42.5 Å². The Hall–Kier alpha value is -2.53. The molecular formula is C15H13ClN4O. The molecule has 0 saturated heterocycles. The van der Waals surface area contributed by atoms with Gasteiger partial charge in [0.15, 0.2) is 0 Å². The van der Waals surface area contributed by atoms with Crippen molar-refractivity contribution >= 4 is 40.0 Å². The fourth-order valence-electron chi connectivity index (χ4n) is 2.07. The van der Waals surface area contributed by atoms with Crippen molar-refractivity contribution < 1.29 is 4.79 Å². The van der Waals surface area contributed by atoms with E-state index < -0.39 is 0 Å². The van der Waals surface area contributed by atoms with Gasteiger partial charge >= 0.3 is 6.03 Å². The van der Waals surface area contributed by atoms with Crippen LogP contribution in [-0.2, 0) is 0 Å². The molecule has 106 valence electrons. The van der Waals surface area contributed by atoms with Crippen molar-refractivity contribution in [1.82, 2.24) is 9.97 Å². The Morgan fingerprint density at radius 3 is 2.67 bits per heavy atom. The van der Waals surface area contributed by atoms with Crippen LogP contribution < -0.4 is 10.6 Å². The summed E-state index contributed by atoms with van der Waals surface area (Å²) in [7, 11) is 0. The molecule has 3 N–H and O–H groups in total. The highest BCUT2D eigenvalue weighted by Gasteiger charge is 2.05.